The van der Waals surface area contributed by atoms with Crippen molar-refractivity contribution < 1.29 is 14.3 Å². The number of nitrogens with one attached hydrogen (secondary N) is 1. The maximum Gasteiger partial charge on any atom is 0.261 e. The van der Waals surface area contributed by atoms with Gasteiger partial charge >= 0.3 is 0 Å². The molecule has 40 heavy (non-hydrogen) atoms. The third-order valence-corrected chi connectivity index (χ3v) is 7.40. The Hall–Kier alpha value is -4.43. The Balaban J connectivity index is 1.45. The molecule has 4 aromatic rings. The summed E-state index contributed by atoms with van der Waals surface area (Å²) in [5.74, 6) is 0.930. The second-order valence-corrected chi connectivity index (χ2v) is 10.0. The number of hydrogen-bond donors (Lipinski definition) is 2. The summed E-state index contributed by atoms with van der Waals surface area (Å²) in [6.45, 7) is 4.27. The van der Waals surface area contributed by atoms with Gasteiger partial charge in [-0.25, -0.2) is 4.98 Å². The van der Waals surface area contributed by atoms with Crippen molar-refractivity contribution in [2.45, 2.75) is 32.7 Å². The Bertz CT molecular complexity index is 1540. The molecule has 0 bridgehead atoms. The first kappa shape index (κ1) is 27.1. The van der Waals surface area contributed by atoms with Gasteiger partial charge in [-0.3, -0.25) is 9.59 Å². The summed E-state index contributed by atoms with van der Waals surface area (Å²) in [7, 11) is 1.58. The van der Waals surface area contributed by atoms with E-state index in [0.717, 1.165) is 43.6 Å². The molecule has 1 amide bonds. The van der Waals surface area contributed by atoms with Crippen LogP contribution in [-0.2, 0) is 17.7 Å². The number of carbonyl (C=O) groups is 1. The van der Waals surface area contributed by atoms with Gasteiger partial charge in [0.15, 0.2) is 0 Å². The second-order valence-electron chi connectivity index (χ2n) is 10.0. The van der Waals surface area contributed by atoms with Crippen molar-refractivity contribution in [3.8, 4) is 28.0 Å². The smallest absolute Gasteiger partial charge is 0.261 e. The highest BCUT2D eigenvalue weighted by atomic mass is 16.5. The van der Waals surface area contributed by atoms with Crippen LogP contribution in [0.5, 0.6) is 5.75 Å². The normalized spacial score (nSPS) is 13.7. The molecule has 5 rings (SSSR count). The van der Waals surface area contributed by atoms with Crippen LogP contribution in [0.15, 0.2) is 78.0 Å². The van der Waals surface area contributed by atoms with E-state index in [-0.39, 0.29) is 11.0 Å². The zero-order chi connectivity index (χ0) is 28.1. The van der Waals surface area contributed by atoms with Crippen LogP contribution in [0, 0.1) is 5.92 Å². The van der Waals surface area contributed by atoms with E-state index >= 15 is 0 Å². The van der Waals surface area contributed by atoms with E-state index in [1.807, 2.05) is 47.2 Å². The van der Waals surface area contributed by atoms with E-state index in [1.165, 1.54) is 5.56 Å². The summed E-state index contributed by atoms with van der Waals surface area (Å²) in [5.41, 5.74) is 10.4. The number of anilines is 2. The molecule has 0 spiro atoms. The number of hydrogen-bond acceptors (Lipinski definition) is 6. The second kappa shape index (κ2) is 12.2. The fourth-order valence-electron chi connectivity index (χ4n) is 5.09. The molecule has 0 aliphatic carbocycles. The minimum absolute atomic E-state index is 0.103. The standard InChI is InChI=1S/C32H34N4O4/c1-3-21-4-6-23(7-5-21)26-19-36(18-22-13-16-40-17-14-22)20-27(30(26)37)32(38)35-25-10-8-24(9-11-25)29-28(39-2)12-15-34-31(29)33/h4-12,15,19-20,22H,3,13-14,16-18H2,1-2H3,(H2,33,34)(H,35,38). The molecule has 2 aromatic heterocycles. The topological polar surface area (TPSA) is 108 Å². The first-order valence-corrected chi connectivity index (χ1v) is 13.6. The highest BCUT2D eigenvalue weighted by Gasteiger charge is 2.20. The lowest BCUT2D eigenvalue weighted by atomic mass is 9.99. The molecule has 1 fully saturated rings. The van der Waals surface area contributed by atoms with Crippen LogP contribution in [0.4, 0.5) is 11.5 Å². The Morgan fingerprint density at radius 1 is 1.05 bits per heavy atom. The van der Waals surface area contributed by atoms with Gasteiger partial charge in [0.05, 0.1) is 12.7 Å². The average Bonchev–Trinajstić information content (AvgIpc) is 2.99. The number of nitrogen functional groups attached to an aromatic ring is 1. The van der Waals surface area contributed by atoms with E-state index in [9.17, 15) is 9.59 Å². The fraction of sp³-hybridized carbons (Fsp3) is 0.281. The van der Waals surface area contributed by atoms with Gasteiger partial charge in [0.25, 0.3) is 5.91 Å². The lowest BCUT2D eigenvalue weighted by Crippen LogP contribution is -2.26. The molecule has 3 N–H and O–H groups in total. The number of aromatic nitrogens is 2. The van der Waals surface area contributed by atoms with E-state index in [1.54, 1.807) is 37.7 Å². The number of aryl methyl sites for hydroxylation is 1. The van der Waals surface area contributed by atoms with Gasteiger partial charge in [0.2, 0.25) is 5.43 Å². The van der Waals surface area contributed by atoms with Crippen LogP contribution in [-0.4, -0.2) is 35.8 Å². The van der Waals surface area contributed by atoms with Gasteiger partial charge in [0, 0.05) is 49.6 Å². The number of nitrogens with two attached hydrogens (primary N) is 1. The highest BCUT2D eigenvalue weighted by molar-refractivity contribution is 6.04. The van der Waals surface area contributed by atoms with Crippen molar-refractivity contribution in [2.75, 3.05) is 31.4 Å². The summed E-state index contributed by atoms with van der Waals surface area (Å²) >= 11 is 0. The summed E-state index contributed by atoms with van der Waals surface area (Å²) in [5, 5.41) is 2.90. The van der Waals surface area contributed by atoms with Gasteiger partial charge in [-0.2, -0.15) is 0 Å². The highest BCUT2D eigenvalue weighted by Crippen LogP contribution is 2.34. The van der Waals surface area contributed by atoms with Gasteiger partial charge in [-0.15, -0.1) is 0 Å². The molecule has 8 heteroatoms. The minimum Gasteiger partial charge on any atom is -0.496 e. The minimum atomic E-state index is -0.455. The van der Waals surface area contributed by atoms with Gasteiger partial charge < -0.3 is 25.1 Å². The van der Waals surface area contributed by atoms with Crippen molar-refractivity contribution in [1.82, 2.24) is 9.55 Å². The van der Waals surface area contributed by atoms with Crippen molar-refractivity contribution in [3.05, 3.63) is 94.5 Å². The van der Waals surface area contributed by atoms with Crippen molar-refractivity contribution in [3.63, 3.8) is 0 Å². The van der Waals surface area contributed by atoms with Crippen LogP contribution in [0.25, 0.3) is 22.3 Å². The summed E-state index contributed by atoms with van der Waals surface area (Å²) in [6, 6.07) is 16.9. The third kappa shape index (κ3) is 5.92. The van der Waals surface area contributed by atoms with E-state index in [0.29, 0.717) is 40.8 Å². The number of benzene rings is 2. The number of pyridine rings is 2. The van der Waals surface area contributed by atoms with E-state index in [2.05, 4.69) is 17.2 Å². The lowest BCUT2D eigenvalue weighted by molar-refractivity contribution is 0.0612. The van der Waals surface area contributed by atoms with Crippen LogP contribution in [0.1, 0.15) is 35.7 Å². The van der Waals surface area contributed by atoms with Gasteiger partial charge in [0.1, 0.15) is 17.1 Å². The molecule has 8 nitrogen and oxygen atoms in total. The zero-order valence-electron chi connectivity index (χ0n) is 22.9. The Labute approximate surface area is 233 Å². The Kier molecular flexibility index (Phi) is 8.26. The fourth-order valence-corrected chi connectivity index (χ4v) is 5.09. The first-order valence-electron chi connectivity index (χ1n) is 13.6. The largest absolute Gasteiger partial charge is 0.496 e. The predicted octanol–water partition coefficient (Wildman–Crippen LogP) is 5.41. The van der Waals surface area contributed by atoms with Gasteiger partial charge in [-0.05, 0) is 60.1 Å². The van der Waals surface area contributed by atoms with Gasteiger partial charge in [-0.1, -0.05) is 43.3 Å². The molecular weight excluding hydrogens is 504 g/mol. The quantitative estimate of drug-likeness (QED) is 0.311. The van der Waals surface area contributed by atoms with Crippen LogP contribution >= 0.6 is 0 Å². The molecule has 0 atom stereocenters. The number of rotatable bonds is 8. The average molecular weight is 539 g/mol. The number of methoxy groups -OCH3 is 1. The lowest BCUT2D eigenvalue weighted by Gasteiger charge is -2.23. The maximum absolute atomic E-state index is 13.6. The Morgan fingerprint density at radius 3 is 2.42 bits per heavy atom. The number of nitrogens with zero attached hydrogens (tertiary/aromatic N) is 2. The summed E-state index contributed by atoms with van der Waals surface area (Å²) in [4.78, 5) is 31.3. The SMILES string of the molecule is CCc1ccc(-c2cn(CC3CCOCC3)cc(C(=O)Nc3ccc(-c4c(OC)ccnc4N)cc3)c2=O)cc1. The predicted molar refractivity (Wildman–Crippen MR) is 158 cm³/mol. The molecular formula is C32H34N4O4. The summed E-state index contributed by atoms with van der Waals surface area (Å²) < 4.78 is 12.9. The first-order chi connectivity index (χ1) is 19.5. The van der Waals surface area contributed by atoms with Crippen molar-refractivity contribution >= 4 is 17.4 Å². The van der Waals surface area contributed by atoms with Crippen molar-refractivity contribution in [2.24, 2.45) is 5.92 Å². The van der Waals surface area contributed by atoms with Crippen molar-refractivity contribution in [1.29, 1.82) is 0 Å². The molecule has 0 radical (unpaired) electrons. The molecule has 1 aliphatic rings. The molecule has 1 saturated heterocycles. The van der Waals surface area contributed by atoms with Crippen LogP contribution in [0.2, 0.25) is 0 Å². The zero-order valence-corrected chi connectivity index (χ0v) is 22.9. The van der Waals surface area contributed by atoms with E-state index in [4.69, 9.17) is 15.2 Å². The van der Waals surface area contributed by atoms with Crippen LogP contribution < -0.4 is 21.2 Å². The monoisotopic (exact) mass is 538 g/mol. The molecule has 2 aromatic carbocycles. The number of carbonyl (C=O) groups excluding carboxylic acids is 1. The summed E-state index contributed by atoms with van der Waals surface area (Å²) in [6.07, 6.45) is 7.95. The molecule has 1 aliphatic heterocycles. The molecule has 0 saturated carbocycles. The molecule has 0 unspecified atom stereocenters. The molecule has 206 valence electrons. The maximum atomic E-state index is 13.6. The molecule has 3 heterocycles. The number of ether oxygens (including phenoxy) is 2. The Morgan fingerprint density at radius 2 is 1.75 bits per heavy atom. The number of amides is 1. The van der Waals surface area contributed by atoms with Crippen LogP contribution in [0.3, 0.4) is 0 Å². The van der Waals surface area contributed by atoms with E-state index < -0.39 is 5.91 Å². The third-order valence-electron chi connectivity index (χ3n) is 7.40.